The Balaban J connectivity index is 1.96. The lowest BCUT2D eigenvalue weighted by molar-refractivity contribution is 0.000659. The highest BCUT2D eigenvalue weighted by Crippen LogP contribution is 2.29. The van der Waals surface area contributed by atoms with Gasteiger partial charge in [-0.05, 0) is 37.0 Å². The fourth-order valence-corrected chi connectivity index (χ4v) is 2.94. The van der Waals surface area contributed by atoms with Gasteiger partial charge in [0.05, 0.1) is 12.7 Å². The molecule has 1 aliphatic rings. The molecule has 0 spiro atoms. The predicted molar refractivity (Wildman–Crippen MR) is 83.1 cm³/mol. The molecule has 2 unspecified atom stereocenters. The van der Waals surface area contributed by atoms with Gasteiger partial charge in [-0.3, -0.25) is 0 Å². The largest absolute Gasteiger partial charge is 0.389 e. The van der Waals surface area contributed by atoms with Gasteiger partial charge in [0, 0.05) is 11.1 Å². The van der Waals surface area contributed by atoms with Gasteiger partial charge in [0.15, 0.2) is 0 Å². The van der Waals surface area contributed by atoms with Crippen LogP contribution in [0.1, 0.15) is 50.2 Å². The van der Waals surface area contributed by atoms with Crippen molar-refractivity contribution in [1.82, 2.24) is 0 Å². The van der Waals surface area contributed by atoms with E-state index in [9.17, 15) is 4.39 Å². The zero-order valence-corrected chi connectivity index (χ0v) is 12.7. The van der Waals surface area contributed by atoms with E-state index in [2.05, 4.69) is 6.92 Å². The van der Waals surface area contributed by atoms with Crippen molar-refractivity contribution in [2.75, 3.05) is 0 Å². The van der Waals surface area contributed by atoms with Crippen LogP contribution in [-0.4, -0.2) is 11.1 Å². The van der Waals surface area contributed by atoms with Gasteiger partial charge in [0.25, 0.3) is 0 Å². The van der Waals surface area contributed by atoms with E-state index in [4.69, 9.17) is 22.7 Å². The van der Waals surface area contributed by atoms with Crippen molar-refractivity contribution in [1.29, 1.82) is 0 Å². The molecule has 2 nitrogen and oxygen atoms in total. The van der Waals surface area contributed by atoms with E-state index in [1.54, 1.807) is 12.1 Å². The summed E-state index contributed by atoms with van der Waals surface area (Å²) in [4.78, 5) is 0.287. The number of rotatable bonds is 5. The van der Waals surface area contributed by atoms with Gasteiger partial charge in [-0.1, -0.05) is 38.4 Å². The molecule has 20 heavy (non-hydrogen) atoms. The van der Waals surface area contributed by atoms with Crippen molar-refractivity contribution in [2.45, 2.75) is 51.7 Å². The summed E-state index contributed by atoms with van der Waals surface area (Å²) in [6.07, 6.45) is 6.12. The van der Waals surface area contributed by atoms with Crippen LogP contribution in [0.5, 0.6) is 0 Å². The molecule has 0 aromatic heterocycles. The molecule has 110 valence electrons. The van der Waals surface area contributed by atoms with Crippen LogP contribution in [0.3, 0.4) is 0 Å². The molecule has 2 N–H and O–H groups in total. The lowest BCUT2D eigenvalue weighted by Crippen LogP contribution is -2.22. The second-order valence-corrected chi connectivity index (χ2v) is 5.98. The highest BCUT2D eigenvalue weighted by atomic mass is 32.1. The van der Waals surface area contributed by atoms with Crippen molar-refractivity contribution in [2.24, 2.45) is 11.7 Å². The summed E-state index contributed by atoms with van der Waals surface area (Å²) in [6, 6.07) is 4.70. The summed E-state index contributed by atoms with van der Waals surface area (Å²) in [5.41, 5.74) is 6.80. The minimum atomic E-state index is -0.257. The van der Waals surface area contributed by atoms with Crippen molar-refractivity contribution >= 4 is 17.2 Å². The molecule has 1 fully saturated rings. The Morgan fingerprint density at radius 1 is 1.45 bits per heavy atom. The number of hydrogen-bond acceptors (Lipinski definition) is 2. The first kappa shape index (κ1) is 15.4. The molecule has 4 heteroatoms. The third-order valence-corrected chi connectivity index (χ3v) is 4.35. The molecular formula is C16H22FNOS. The quantitative estimate of drug-likeness (QED) is 0.836. The molecule has 0 bridgehead atoms. The van der Waals surface area contributed by atoms with Crippen molar-refractivity contribution in [3.05, 3.63) is 35.1 Å². The number of halogens is 1. The third-order valence-electron chi connectivity index (χ3n) is 4.12. The average molecular weight is 295 g/mol. The first-order chi connectivity index (χ1) is 9.60. The van der Waals surface area contributed by atoms with Gasteiger partial charge < -0.3 is 10.5 Å². The number of nitrogens with two attached hydrogens (primary N) is 1. The molecule has 2 rings (SSSR count). The van der Waals surface area contributed by atoms with Crippen LogP contribution in [0.25, 0.3) is 0 Å². The zero-order chi connectivity index (χ0) is 14.5. The molecule has 1 aliphatic carbocycles. The van der Waals surface area contributed by atoms with Crippen LogP contribution in [0, 0.1) is 11.7 Å². The summed E-state index contributed by atoms with van der Waals surface area (Å²) in [5, 5.41) is 0. The Morgan fingerprint density at radius 2 is 2.25 bits per heavy atom. The standard InChI is InChI=1S/C16H22FNOS/c1-2-11-4-3-5-14(8-11)19-10-13-9-12(16(18)20)6-7-15(13)17/h6-7,9,11,14H,2-5,8,10H2,1H3,(H2,18,20). The fraction of sp³-hybridized carbons (Fsp3) is 0.562. The van der Waals surface area contributed by atoms with Gasteiger partial charge >= 0.3 is 0 Å². The lowest BCUT2D eigenvalue weighted by Gasteiger charge is -2.28. The SMILES string of the molecule is CCC1CCCC(OCc2cc(C(N)=S)ccc2F)C1. The zero-order valence-electron chi connectivity index (χ0n) is 11.9. The van der Waals surface area contributed by atoms with E-state index in [0.717, 1.165) is 18.8 Å². The summed E-state index contributed by atoms with van der Waals surface area (Å²) < 4.78 is 19.7. The Labute approximate surface area is 125 Å². The first-order valence-corrected chi connectivity index (χ1v) is 7.70. The molecular weight excluding hydrogens is 273 g/mol. The Morgan fingerprint density at radius 3 is 2.95 bits per heavy atom. The average Bonchev–Trinajstić information content (AvgIpc) is 2.46. The van der Waals surface area contributed by atoms with Gasteiger partial charge in [0.1, 0.15) is 10.8 Å². The molecule has 1 saturated carbocycles. The predicted octanol–water partition coefficient (Wildman–Crippen LogP) is 3.95. The number of benzene rings is 1. The molecule has 0 heterocycles. The van der Waals surface area contributed by atoms with Gasteiger partial charge in [-0.2, -0.15) is 0 Å². The number of hydrogen-bond donors (Lipinski definition) is 1. The molecule has 0 aliphatic heterocycles. The smallest absolute Gasteiger partial charge is 0.128 e. The van der Waals surface area contributed by atoms with Crippen LogP contribution in [0.4, 0.5) is 4.39 Å². The summed E-state index contributed by atoms with van der Waals surface area (Å²) in [5.74, 6) is 0.495. The molecule has 1 aromatic rings. The van der Waals surface area contributed by atoms with Gasteiger partial charge in [0.2, 0.25) is 0 Å². The second kappa shape index (κ2) is 7.14. The minimum absolute atomic E-state index is 0.251. The van der Waals surface area contributed by atoms with Gasteiger partial charge in [-0.25, -0.2) is 4.39 Å². The van der Waals surface area contributed by atoms with Crippen molar-refractivity contribution < 1.29 is 9.13 Å². The van der Waals surface area contributed by atoms with E-state index in [1.165, 1.54) is 25.3 Å². The van der Waals surface area contributed by atoms with Crippen LogP contribution in [0.2, 0.25) is 0 Å². The lowest BCUT2D eigenvalue weighted by atomic mass is 9.85. The Bertz CT molecular complexity index is 478. The highest BCUT2D eigenvalue weighted by Gasteiger charge is 2.21. The first-order valence-electron chi connectivity index (χ1n) is 7.30. The monoisotopic (exact) mass is 295 g/mol. The summed E-state index contributed by atoms with van der Waals surface area (Å²) in [6.45, 7) is 2.52. The van der Waals surface area contributed by atoms with E-state index in [0.29, 0.717) is 17.7 Å². The fourth-order valence-electron chi connectivity index (χ4n) is 2.81. The van der Waals surface area contributed by atoms with E-state index in [1.807, 2.05) is 0 Å². The van der Waals surface area contributed by atoms with E-state index < -0.39 is 0 Å². The molecule has 0 radical (unpaired) electrons. The van der Waals surface area contributed by atoms with Crippen LogP contribution in [-0.2, 0) is 11.3 Å². The van der Waals surface area contributed by atoms with Crippen molar-refractivity contribution in [3.8, 4) is 0 Å². The maximum Gasteiger partial charge on any atom is 0.128 e. The summed E-state index contributed by atoms with van der Waals surface area (Å²) >= 11 is 4.92. The highest BCUT2D eigenvalue weighted by molar-refractivity contribution is 7.80. The maximum atomic E-state index is 13.8. The third kappa shape index (κ3) is 4.00. The van der Waals surface area contributed by atoms with E-state index >= 15 is 0 Å². The topological polar surface area (TPSA) is 35.2 Å². The maximum absolute atomic E-state index is 13.8. The molecule has 2 atom stereocenters. The molecule has 0 amide bonds. The van der Waals surface area contributed by atoms with Gasteiger partial charge in [-0.15, -0.1) is 0 Å². The van der Waals surface area contributed by atoms with E-state index in [-0.39, 0.29) is 16.9 Å². The van der Waals surface area contributed by atoms with Crippen LogP contribution < -0.4 is 5.73 Å². The van der Waals surface area contributed by atoms with Crippen LogP contribution >= 0.6 is 12.2 Å². The Hall–Kier alpha value is -1.00. The number of thiocarbonyl (C=S) groups is 1. The second-order valence-electron chi connectivity index (χ2n) is 5.54. The molecule has 0 saturated heterocycles. The minimum Gasteiger partial charge on any atom is -0.389 e. The Kier molecular flexibility index (Phi) is 5.49. The number of ether oxygens (including phenoxy) is 1. The normalized spacial score (nSPS) is 22.7. The van der Waals surface area contributed by atoms with Crippen molar-refractivity contribution in [3.63, 3.8) is 0 Å². The summed E-state index contributed by atoms with van der Waals surface area (Å²) in [7, 11) is 0. The van der Waals surface area contributed by atoms with Crippen LogP contribution in [0.15, 0.2) is 18.2 Å². The molecule has 1 aromatic carbocycles.